The van der Waals surface area contributed by atoms with Gasteiger partial charge in [0.05, 0.1) is 5.69 Å². The fourth-order valence-electron chi connectivity index (χ4n) is 2.48. The van der Waals surface area contributed by atoms with Gasteiger partial charge in [-0.3, -0.25) is 4.68 Å². The highest BCUT2D eigenvalue weighted by Gasteiger charge is 2.11. The van der Waals surface area contributed by atoms with E-state index in [1.807, 2.05) is 4.68 Å². The van der Waals surface area contributed by atoms with E-state index < -0.39 is 0 Å². The molecule has 0 amide bonds. The summed E-state index contributed by atoms with van der Waals surface area (Å²) in [6.07, 6.45) is 3.31. The Morgan fingerprint density at radius 1 is 1.24 bits per heavy atom. The first kappa shape index (κ1) is 15.8. The van der Waals surface area contributed by atoms with E-state index >= 15 is 0 Å². The van der Waals surface area contributed by atoms with Crippen molar-refractivity contribution >= 4 is 0 Å². The molecule has 0 aliphatic carbocycles. The van der Waals surface area contributed by atoms with Crippen molar-refractivity contribution in [3.63, 3.8) is 0 Å². The molecule has 0 radical (unpaired) electrons. The second-order valence-corrected chi connectivity index (χ2v) is 6.00. The lowest BCUT2D eigenvalue weighted by atomic mass is 10.0. The Balaban J connectivity index is 2.28. The number of hydrogen-bond donors (Lipinski definition) is 1. The second kappa shape index (κ2) is 6.90. The van der Waals surface area contributed by atoms with Gasteiger partial charge in [-0.1, -0.05) is 25.1 Å². The van der Waals surface area contributed by atoms with Crippen molar-refractivity contribution < 1.29 is 0 Å². The van der Waals surface area contributed by atoms with E-state index in [0.29, 0.717) is 12.1 Å². The van der Waals surface area contributed by atoms with Crippen LogP contribution in [0, 0.1) is 6.92 Å². The van der Waals surface area contributed by atoms with E-state index in [9.17, 15) is 0 Å². The van der Waals surface area contributed by atoms with Crippen molar-refractivity contribution in [2.75, 3.05) is 6.54 Å². The van der Waals surface area contributed by atoms with Crippen LogP contribution >= 0.6 is 0 Å². The van der Waals surface area contributed by atoms with Crippen LogP contribution in [0.25, 0.3) is 11.1 Å². The maximum atomic E-state index is 4.61. The number of aromatic nitrogens is 2. The van der Waals surface area contributed by atoms with Crippen LogP contribution in [0.5, 0.6) is 0 Å². The standard InChI is InChI=1S/C18H27N3/c1-6-10-19-14(4)16-8-7-9-17(11-16)18-12-21(13(2)3)20-15(18)5/h7-9,11-14,19H,6,10H2,1-5H3. The fourth-order valence-corrected chi connectivity index (χ4v) is 2.48. The van der Waals surface area contributed by atoms with Gasteiger partial charge in [0, 0.05) is 23.8 Å². The summed E-state index contributed by atoms with van der Waals surface area (Å²) in [5.41, 5.74) is 4.91. The van der Waals surface area contributed by atoms with Crippen LogP contribution in [0.3, 0.4) is 0 Å². The molecule has 3 nitrogen and oxygen atoms in total. The van der Waals surface area contributed by atoms with Crippen LogP contribution in [-0.4, -0.2) is 16.3 Å². The zero-order valence-electron chi connectivity index (χ0n) is 13.9. The van der Waals surface area contributed by atoms with Gasteiger partial charge < -0.3 is 5.32 Å². The maximum absolute atomic E-state index is 4.61. The summed E-state index contributed by atoms with van der Waals surface area (Å²) in [7, 11) is 0. The molecule has 1 atom stereocenters. The average Bonchev–Trinajstić information content (AvgIpc) is 2.87. The number of benzene rings is 1. The first-order valence-electron chi connectivity index (χ1n) is 7.92. The van der Waals surface area contributed by atoms with E-state index in [4.69, 9.17) is 0 Å². The third-order valence-electron chi connectivity index (χ3n) is 3.84. The number of aryl methyl sites for hydroxylation is 1. The molecule has 0 saturated carbocycles. The molecule has 1 aromatic carbocycles. The van der Waals surface area contributed by atoms with Gasteiger partial charge in [0.15, 0.2) is 0 Å². The topological polar surface area (TPSA) is 29.9 Å². The summed E-state index contributed by atoms with van der Waals surface area (Å²) in [6.45, 7) is 11.9. The first-order chi connectivity index (χ1) is 10.0. The summed E-state index contributed by atoms with van der Waals surface area (Å²) in [5.74, 6) is 0. The van der Waals surface area contributed by atoms with Gasteiger partial charge in [0.2, 0.25) is 0 Å². The molecule has 2 rings (SSSR count). The van der Waals surface area contributed by atoms with E-state index in [1.54, 1.807) is 0 Å². The molecule has 0 fully saturated rings. The van der Waals surface area contributed by atoms with Gasteiger partial charge in [0.1, 0.15) is 0 Å². The zero-order chi connectivity index (χ0) is 15.4. The Hall–Kier alpha value is -1.61. The molecular formula is C18H27N3. The van der Waals surface area contributed by atoms with Crippen LogP contribution in [0.2, 0.25) is 0 Å². The molecule has 0 aliphatic rings. The third kappa shape index (κ3) is 3.73. The van der Waals surface area contributed by atoms with Crippen LogP contribution in [0.15, 0.2) is 30.5 Å². The lowest BCUT2D eigenvalue weighted by Crippen LogP contribution is -2.19. The molecule has 1 aromatic heterocycles. The number of hydrogen-bond acceptors (Lipinski definition) is 2. The summed E-state index contributed by atoms with van der Waals surface area (Å²) < 4.78 is 2.04. The minimum atomic E-state index is 0.380. The molecule has 0 bridgehead atoms. The average molecular weight is 285 g/mol. The molecule has 21 heavy (non-hydrogen) atoms. The number of nitrogens with zero attached hydrogens (tertiary/aromatic N) is 2. The summed E-state index contributed by atoms with van der Waals surface area (Å²) >= 11 is 0. The Kier molecular flexibility index (Phi) is 5.18. The van der Waals surface area contributed by atoms with E-state index in [-0.39, 0.29) is 0 Å². The third-order valence-corrected chi connectivity index (χ3v) is 3.84. The van der Waals surface area contributed by atoms with Crippen molar-refractivity contribution in [2.24, 2.45) is 0 Å². The molecule has 0 saturated heterocycles. The molecule has 0 spiro atoms. The van der Waals surface area contributed by atoms with E-state index in [0.717, 1.165) is 18.7 Å². The largest absolute Gasteiger partial charge is 0.310 e. The second-order valence-electron chi connectivity index (χ2n) is 6.00. The highest BCUT2D eigenvalue weighted by molar-refractivity contribution is 5.66. The van der Waals surface area contributed by atoms with Crippen LogP contribution in [0.1, 0.15) is 57.5 Å². The predicted molar refractivity (Wildman–Crippen MR) is 89.5 cm³/mol. The molecule has 0 aliphatic heterocycles. The molecule has 114 valence electrons. The Morgan fingerprint density at radius 2 is 2.00 bits per heavy atom. The molecule has 1 heterocycles. The number of rotatable bonds is 6. The van der Waals surface area contributed by atoms with Crippen LogP contribution in [-0.2, 0) is 0 Å². The summed E-state index contributed by atoms with van der Waals surface area (Å²) in [6, 6.07) is 9.56. The van der Waals surface area contributed by atoms with Crippen molar-refractivity contribution in [3.05, 3.63) is 41.7 Å². The highest BCUT2D eigenvalue weighted by Crippen LogP contribution is 2.26. The van der Waals surface area contributed by atoms with Crippen molar-refractivity contribution in [3.8, 4) is 11.1 Å². The number of nitrogens with one attached hydrogen (secondary N) is 1. The normalized spacial score (nSPS) is 12.9. The quantitative estimate of drug-likeness (QED) is 0.847. The first-order valence-corrected chi connectivity index (χ1v) is 7.92. The minimum Gasteiger partial charge on any atom is -0.310 e. The van der Waals surface area contributed by atoms with Gasteiger partial charge in [0.25, 0.3) is 0 Å². The molecule has 1 unspecified atom stereocenters. The van der Waals surface area contributed by atoms with Gasteiger partial charge in [-0.2, -0.15) is 5.10 Å². The van der Waals surface area contributed by atoms with Crippen LogP contribution in [0.4, 0.5) is 0 Å². The van der Waals surface area contributed by atoms with Gasteiger partial charge >= 0.3 is 0 Å². The summed E-state index contributed by atoms with van der Waals surface area (Å²) in [4.78, 5) is 0. The Bertz CT molecular complexity index is 584. The Labute approximate surface area is 128 Å². The smallest absolute Gasteiger partial charge is 0.0672 e. The van der Waals surface area contributed by atoms with E-state index in [2.05, 4.69) is 75.5 Å². The molecule has 3 heteroatoms. The van der Waals surface area contributed by atoms with Crippen molar-refractivity contribution in [1.29, 1.82) is 0 Å². The predicted octanol–water partition coefficient (Wildman–Crippen LogP) is 4.50. The SMILES string of the molecule is CCCNC(C)c1cccc(-c2cn(C(C)C)nc2C)c1. The Morgan fingerprint density at radius 3 is 2.62 bits per heavy atom. The van der Waals surface area contributed by atoms with Crippen molar-refractivity contribution in [1.82, 2.24) is 15.1 Å². The highest BCUT2D eigenvalue weighted by atomic mass is 15.3. The van der Waals surface area contributed by atoms with Gasteiger partial charge in [-0.15, -0.1) is 0 Å². The molecular weight excluding hydrogens is 258 g/mol. The lowest BCUT2D eigenvalue weighted by Gasteiger charge is -2.14. The van der Waals surface area contributed by atoms with Crippen molar-refractivity contribution in [2.45, 2.75) is 53.1 Å². The van der Waals surface area contributed by atoms with E-state index in [1.165, 1.54) is 16.7 Å². The molecule has 1 N–H and O–H groups in total. The monoisotopic (exact) mass is 285 g/mol. The van der Waals surface area contributed by atoms with Gasteiger partial charge in [-0.25, -0.2) is 0 Å². The van der Waals surface area contributed by atoms with Gasteiger partial charge in [-0.05, 0) is 57.9 Å². The zero-order valence-corrected chi connectivity index (χ0v) is 13.9. The summed E-state index contributed by atoms with van der Waals surface area (Å²) in [5, 5.41) is 8.16. The molecule has 2 aromatic rings. The van der Waals surface area contributed by atoms with Crippen LogP contribution < -0.4 is 5.32 Å². The fraction of sp³-hybridized carbons (Fsp3) is 0.500. The lowest BCUT2D eigenvalue weighted by molar-refractivity contribution is 0.529. The maximum Gasteiger partial charge on any atom is 0.0672 e. The minimum absolute atomic E-state index is 0.380.